The molecule has 2 aliphatic heterocycles. The number of methoxy groups -OCH3 is 3. The Bertz CT molecular complexity index is 1800. The molecule has 1 saturated carbocycles. The number of rotatable bonds is 12. The standard InChI is InChI=1S/C48H68N2O10/c1-29-15-14-19-41(51)58-38(21-20-37-33(5)57-46(50-37)31(3)17-12-13-24-49)30(2)16-10-11-18-34-25-32(4)42-36(48(34,6)23-22-29)26-35(55-8)27-39(42)59-47-45(56-9)44(53)43(52)40(60-47)28-54-7/h10-11,15-16,18,20-23,25,30-31,34-36,38-40,42-45,47,52-53H,12-14,17,19,26-28H2,1-9H3/b16-10+,18-11+,21-20+,23-22+,29-15-. The maximum absolute atomic E-state index is 13.2. The largest absolute Gasteiger partial charge is 0.457 e. The number of aryl methyl sites for hydroxylation is 1. The number of fused-ring (bicyclic) bond motifs is 3. The van der Waals surface area contributed by atoms with Gasteiger partial charge in [0.05, 0.1) is 24.9 Å². The third-order valence-electron chi connectivity index (χ3n) is 13.0. The van der Waals surface area contributed by atoms with E-state index in [1.807, 2.05) is 32.1 Å². The highest BCUT2D eigenvalue weighted by Crippen LogP contribution is 2.56. The van der Waals surface area contributed by atoms with E-state index in [2.05, 4.69) is 76.3 Å². The van der Waals surface area contributed by atoms with Crippen LogP contribution in [-0.4, -0.2) is 98.1 Å². The Kier molecular flexibility index (Phi) is 17.3. The molecule has 0 spiro atoms. The van der Waals surface area contributed by atoms with Gasteiger partial charge in [0.1, 0.15) is 42.0 Å². The van der Waals surface area contributed by atoms with E-state index in [9.17, 15) is 15.0 Å². The number of aliphatic hydroxyl groups excluding tert-OH is 2. The lowest BCUT2D eigenvalue weighted by atomic mass is 9.53. The number of unbranched alkanes of at least 4 members (excludes halogenated alkanes) is 1. The molecule has 2 N–H and O–H groups in total. The van der Waals surface area contributed by atoms with Crippen molar-refractivity contribution in [2.45, 2.75) is 141 Å². The first-order chi connectivity index (χ1) is 28.7. The summed E-state index contributed by atoms with van der Waals surface area (Å²) in [5.41, 5.74) is 2.59. The van der Waals surface area contributed by atoms with Crippen molar-refractivity contribution in [3.8, 4) is 6.07 Å². The van der Waals surface area contributed by atoms with Crippen LogP contribution in [0.4, 0.5) is 0 Å². The van der Waals surface area contributed by atoms with Crippen LogP contribution < -0.4 is 0 Å². The van der Waals surface area contributed by atoms with Crippen LogP contribution in [0.1, 0.15) is 103 Å². The number of carbonyl (C=O) groups excluding carboxylic acids is 1. The molecule has 2 fully saturated rings. The minimum Gasteiger partial charge on any atom is -0.457 e. The van der Waals surface area contributed by atoms with Gasteiger partial charge >= 0.3 is 5.97 Å². The van der Waals surface area contributed by atoms with Gasteiger partial charge in [-0.1, -0.05) is 80.5 Å². The van der Waals surface area contributed by atoms with Gasteiger partial charge in [0, 0.05) is 64.3 Å². The van der Waals surface area contributed by atoms with Crippen LogP contribution in [0.3, 0.4) is 0 Å². The lowest BCUT2D eigenvalue weighted by Crippen LogP contribution is -2.61. The number of esters is 1. The van der Waals surface area contributed by atoms with Gasteiger partial charge in [0.15, 0.2) is 12.2 Å². The molecule has 1 aromatic rings. The van der Waals surface area contributed by atoms with E-state index < -0.39 is 36.8 Å². The zero-order valence-corrected chi connectivity index (χ0v) is 37.0. The van der Waals surface area contributed by atoms with Crippen molar-refractivity contribution >= 4 is 12.0 Å². The number of allylic oxidation sites excluding steroid dienone is 8. The number of hydrogen-bond donors (Lipinski definition) is 2. The van der Waals surface area contributed by atoms with Gasteiger partial charge in [-0.2, -0.15) is 5.26 Å². The van der Waals surface area contributed by atoms with E-state index in [-0.39, 0.29) is 66.2 Å². The normalized spacial score (nSPS) is 38.3. The fourth-order valence-electron chi connectivity index (χ4n) is 9.29. The zero-order chi connectivity index (χ0) is 43.6. The van der Waals surface area contributed by atoms with Crippen molar-refractivity contribution in [1.82, 2.24) is 4.98 Å². The Morgan fingerprint density at radius 3 is 2.58 bits per heavy atom. The first-order valence-electron chi connectivity index (χ1n) is 21.6. The summed E-state index contributed by atoms with van der Waals surface area (Å²) >= 11 is 0. The first-order valence-corrected chi connectivity index (χ1v) is 21.6. The summed E-state index contributed by atoms with van der Waals surface area (Å²) in [5.74, 6) is 1.14. The molecule has 0 radical (unpaired) electrons. The molecule has 12 heteroatoms. The molecule has 330 valence electrons. The Balaban J connectivity index is 1.44. The Hall–Kier alpha value is -3.67. The average molecular weight is 833 g/mol. The summed E-state index contributed by atoms with van der Waals surface area (Å²) in [5, 5.41) is 30.7. The smallest absolute Gasteiger partial charge is 0.306 e. The number of aliphatic hydroxyl groups is 2. The summed E-state index contributed by atoms with van der Waals surface area (Å²) in [6.45, 7) is 12.6. The van der Waals surface area contributed by atoms with Crippen molar-refractivity contribution in [2.24, 2.45) is 29.1 Å². The second-order valence-electron chi connectivity index (χ2n) is 17.3. The van der Waals surface area contributed by atoms with Crippen LogP contribution in [0.5, 0.6) is 0 Å². The number of carbonyl (C=O) groups is 1. The van der Waals surface area contributed by atoms with Crippen LogP contribution in [0.2, 0.25) is 0 Å². The molecule has 5 rings (SSSR count). The van der Waals surface area contributed by atoms with E-state index in [0.717, 1.165) is 24.8 Å². The Labute approximate surface area is 357 Å². The maximum Gasteiger partial charge on any atom is 0.306 e. The predicted molar refractivity (Wildman–Crippen MR) is 228 cm³/mol. The number of aromatic nitrogens is 1. The fraction of sp³-hybridized carbons (Fsp3) is 0.646. The molecule has 60 heavy (non-hydrogen) atoms. The van der Waals surface area contributed by atoms with Crippen molar-refractivity contribution < 1.29 is 47.8 Å². The lowest BCUT2D eigenvalue weighted by Gasteiger charge is -2.54. The molecular weight excluding hydrogens is 765 g/mol. The average Bonchev–Trinajstić information content (AvgIpc) is 3.60. The minimum absolute atomic E-state index is 0.00522. The van der Waals surface area contributed by atoms with Crippen LogP contribution >= 0.6 is 0 Å². The van der Waals surface area contributed by atoms with E-state index in [0.29, 0.717) is 36.6 Å². The molecule has 0 bridgehead atoms. The van der Waals surface area contributed by atoms with Crippen molar-refractivity contribution in [3.05, 3.63) is 83.2 Å². The number of nitriles is 1. The third-order valence-corrected chi connectivity index (χ3v) is 13.0. The van der Waals surface area contributed by atoms with Gasteiger partial charge in [-0.05, 0) is 69.9 Å². The molecule has 14 unspecified atom stereocenters. The highest BCUT2D eigenvalue weighted by molar-refractivity contribution is 5.70. The van der Waals surface area contributed by atoms with Crippen LogP contribution in [0, 0.1) is 47.3 Å². The minimum atomic E-state index is -1.22. The second kappa shape index (κ2) is 21.9. The topological polar surface area (TPSA) is 163 Å². The lowest BCUT2D eigenvalue weighted by molar-refractivity contribution is -0.324. The van der Waals surface area contributed by atoms with Crippen LogP contribution in [0.15, 0.2) is 70.2 Å². The van der Waals surface area contributed by atoms with Gasteiger partial charge in [-0.25, -0.2) is 4.98 Å². The molecule has 0 amide bonds. The predicted octanol–water partition coefficient (Wildman–Crippen LogP) is 7.87. The van der Waals surface area contributed by atoms with Gasteiger partial charge in [0.2, 0.25) is 0 Å². The molecule has 1 saturated heterocycles. The number of oxazole rings is 1. The zero-order valence-electron chi connectivity index (χ0n) is 37.0. The SMILES string of the molecule is COCC1OC(OC2CC(OC)CC3C2C(C)=CC2/C=C/C=C/C(C)C(/C=C/c4nc(C(C)CCCC#N)oc4C)OC(=O)CC/C=C(C)\C=C\C23C)C(OC)C(O)C1O. The maximum atomic E-state index is 13.2. The van der Waals surface area contributed by atoms with E-state index in [1.54, 1.807) is 7.11 Å². The Morgan fingerprint density at radius 2 is 1.87 bits per heavy atom. The molecule has 2 aliphatic carbocycles. The number of nitrogens with zero attached hydrogens (tertiary/aromatic N) is 2. The Morgan fingerprint density at radius 1 is 1.10 bits per heavy atom. The molecule has 0 aromatic carbocycles. The monoisotopic (exact) mass is 832 g/mol. The highest BCUT2D eigenvalue weighted by atomic mass is 16.7. The van der Waals surface area contributed by atoms with Gasteiger partial charge < -0.3 is 43.1 Å². The molecule has 4 aliphatic rings. The van der Waals surface area contributed by atoms with Crippen LogP contribution in [0.25, 0.3) is 6.08 Å². The highest BCUT2D eigenvalue weighted by Gasteiger charge is 2.54. The number of hydrogen-bond acceptors (Lipinski definition) is 12. The van der Waals surface area contributed by atoms with E-state index >= 15 is 0 Å². The number of cyclic esters (lactones) is 1. The molecular formula is C48H68N2O10. The summed E-state index contributed by atoms with van der Waals surface area (Å²) in [7, 11) is 4.75. The third kappa shape index (κ3) is 11.4. The number of ether oxygens (including phenoxy) is 6. The summed E-state index contributed by atoms with van der Waals surface area (Å²) in [6, 6.07) is 2.19. The second-order valence-corrected chi connectivity index (χ2v) is 17.3. The van der Waals surface area contributed by atoms with E-state index in [4.69, 9.17) is 43.1 Å². The molecule has 1 aromatic heterocycles. The molecule has 14 atom stereocenters. The molecule has 12 nitrogen and oxygen atoms in total. The van der Waals surface area contributed by atoms with Crippen LogP contribution in [-0.2, 0) is 33.2 Å². The quantitative estimate of drug-likeness (QED) is 0.119. The van der Waals surface area contributed by atoms with Crippen molar-refractivity contribution in [2.75, 3.05) is 27.9 Å². The summed E-state index contributed by atoms with van der Waals surface area (Å²) in [6.07, 6.45) is 19.4. The summed E-state index contributed by atoms with van der Waals surface area (Å²) in [4.78, 5) is 18.0. The van der Waals surface area contributed by atoms with Gasteiger partial charge in [-0.3, -0.25) is 4.79 Å². The van der Waals surface area contributed by atoms with Gasteiger partial charge in [0.25, 0.3) is 0 Å². The summed E-state index contributed by atoms with van der Waals surface area (Å²) < 4.78 is 42.2. The van der Waals surface area contributed by atoms with E-state index in [1.165, 1.54) is 19.8 Å². The van der Waals surface area contributed by atoms with Crippen molar-refractivity contribution in [1.29, 1.82) is 5.26 Å². The molecule has 3 heterocycles. The van der Waals surface area contributed by atoms with Gasteiger partial charge in [-0.15, -0.1) is 0 Å². The first kappa shape index (κ1) is 47.4. The fourth-order valence-corrected chi connectivity index (χ4v) is 9.29. The van der Waals surface area contributed by atoms with Crippen molar-refractivity contribution in [3.63, 3.8) is 0 Å².